The Morgan fingerprint density at radius 2 is 1.79 bits per heavy atom. The molecule has 0 spiro atoms. The van der Waals surface area contributed by atoms with Gasteiger partial charge in [0, 0.05) is 7.05 Å². The number of furan rings is 1. The SMILES string of the molecule is Cn1/c(=N/NC(=O)c2ccc(CS(=O)(=O)c3ccccc3)o2)sc2ccccc21. The first-order valence-electron chi connectivity index (χ1n) is 8.69. The number of sulfone groups is 1. The highest BCUT2D eigenvalue weighted by Gasteiger charge is 2.19. The Morgan fingerprint density at radius 1 is 1.07 bits per heavy atom. The number of aryl methyl sites for hydroxylation is 1. The van der Waals surface area contributed by atoms with Crippen molar-refractivity contribution in [2.75, 3.05) is 0 Å². The molecule has 4 rings (SSSR count). The number of fused-ring (bicyclic) bond motifs is 1. The predicted octanol–water partition coefficient (Wildman–Crippen LogP) is 3.05. The summed E-state index contributed by atoms with van der Waals surface area (Å²) in [6.45, 7) is 0. The van der Waals surface area contributed by atoms with Crippen LogP contribution in [0.4, 0.5) is 0 Å². The minimum atomic E-state index is -3.55. The number of hydrogen-bond donors (Lipinski definition) is 1. The predicted molar refractivity (Wildman–Crippen MR) is 110 cm³/mol. The molecule has 2 aromatic carbocycles. The smallest absolute Gasteiger partial charge is 0.307 e. The van der Waals surface area contributed by atoms with E-state index in [4.69, 9.17) is 4.42 Å². The molecule has 0 aliphatic carbocycles. The first-order chi connectivity index (χ1) is 13.9. The summed E-state index contributed by atoms with van der Waals surface area (Å²) in [5.74, 6) is -0.694. The Hall–Kier alpha value is -3.17. The van der Waals surface area contributed by atoms with Gasteiger partial charge < -0.3 is 8.98 Å². The monoisotopic (exact) mass is 427 g/mol. The summed E-state index contributed by atoms with van der Waals surface area (Å²) in [4.78, 5) is 13.2. The van der Waals surface area contributed by atoms with Crippen LogP contribution >= 0.6 is 11.3 Å². The molecule has 9 heteroatoms. The Balaban J connectivity index is 1.51. The first kappa shape index (κ1) is 19.2. The highest BCUT2D eigenvalue weighted by molar-refractivity contribution is 7.90. The molecule has 29 heavy (non-hydrogen) atoms. The van der Waals surface area contributed by atoms with Crippen LogP contribution in [0.1, 0.15) is 16.3 Å². The fourth-order valence-electron chi connectivity index (χ4n) is 2.82. The molecule has 4 aromatic rings. The van der Waals surface area contributed by atoms with E-state index in [1.54, 1.807) is 18.2 Å². The lowest BCUT2D eigenvalue weighted by molar-refractivity contribution is 0.0923. The Labute approximate surface area is 170 Å². The minimum absolute atomic E-state index is 0.00391. The molecule has 0 saturated heterocycles. The van der Waals surface area contributed by atoms with Gasteiger partial charge in [-0.1, -0.05) is 41.7 Å². The second kappa shape index (κ2) is 7.69. The van der Waals surface area contributed by atoms with Gasteiger partial charge in [-0.2, -0.15) is 0 Å². The van der Waals surface area contributed by atoms with E-state index in [1.807, 2.05) is 35.9 Å². The second-order valence-corrected chi connectivity index (χ2v) is 9.30. The zero-order chi connectivity index (χ0) is 20.4. The molecule has 148 valence electrons. The van der Waals surface area contributed by atoms with E-state index in [9.17, 15) is 13.2 Å². The molecule has 0 aliphatic heterocycles. The number of nitrogens with zero attached hydrogens (tertiary/aromatic N) is 2. The van der Waals surface area contributed by atoms with Gasteiger partial charge >= 0.3 is 5.91 Å². The third kappa shape index (κ3) is 4.01. The molecule has 0 saturated carbocycles. The molecule has 0 atom stereocenters. The molecule has 0 bridgehead atoms. The molecule has 1 N–H and O–H groups in total. The Kier molecular flexibility index (Phi) is 5.08. The fraction of sp³-hybridized carbons (Fsp3) is 0.100. The molecule has 0 aliphatic rings. The van der Waals surface area contributed by atoms with Crippen LogP contribution in [0.25, 0.3) is 10.2 Å². The number of carbonyl (C=O) groups is 1. The van der Waals surface area contributed by atoms with Gasteiger partial charge in [0.2, 0.25) is 4.80 Å². The van der Waals surface area contributed by atoms with E-state index in [0.717, 1.165) is 10.2 Å². The van der Waals surface area contributed by atoms with Crippen LogP contribution in [-0.2, 0) is 22.6 Å². The van der Waals surface area contributed by atoms with Crippen LogP contribution in [-0.4, -0.2) is 18.9 Å². The van der Waals surface area contributed by atoms with E-state index in [0.29, 0.717) is 4.80 Å². The van der Waals surface area contributed by atoms with Gasteiger partial charge in [0.1, 0.15) is 11.5 Å². The van der Waals surface area contributed by atoms with Crippen LogP contribution in [0.3, 0.4) is 0 Å². The molecular formula is C20H17N3O4S2. The van der Waals surface area contributed by atoms with E-state index >= 15 is 0 Å². The summed E-state index contributed by atoms with van der Waals surface area (Å²) in [5.41, 5.74) is 3.47. The number of aromatic nitrogens is 1. The van der Waals surface area contributed by atoms with Crippen molar-refractivity contribution < 1.29 is 17.6 Å². The lowest BCUT2D eigenvalue weighted by Gasteiger charge is -2.02. The van der Waals surface area contributed by atoms with E-state index in [1.165, 1.54) is 35.6 Å². The topological polar surface area (TPSA) is 93.7 Å². The van der Waals surface area contributed by atoms with E-state index in [-0.39, 0.29) is 22.2 Å². The van der Waals surface area contributed by atoms with Gasteiger partial charge in [0.15, 0.2) is 15.6 Å². The van der Waals surface area contributed by atoms with Gasteiger partial charge in [0.05, 0.1) is 15.1 Å². The van der Waals surface area contributed by atoms with Crippen molar-refractivity contribution in [2.45, 2.75) is 10.6 Å². The minimum Gasteiger partial charge on any atom is -0.455 e. The standard InChI is InChI=1S/C20H17N3O4S2/c1-23-16-9-5-6-10-18(16)28-20(23)22-21-19(24)17-12-11-14(27-17)13-29(25,26)15-7-3-2-4-8-15/h2-12H,13H2,1H3,(H,21,24)/b22-20-. The van der Waals surface area contributed by atoms with Crippen molar-refractivity contribution in [3.05, 3.63) is 83.1 Å². The average Bonchev–Trinajstić information content (AvgIpc) is 3.31. The summed E-state index contributed by atoms with van der Waals surface area (Å²) in [5, 5.41) is 4.15. The van der Waals surface area contributed by atoms with Crippen LogP contribution in [0.5, 0.6) is 0 Å². The highest BCUT2D eigenvalue weighted by Crippen LogP contribution is 2.18. The molecule has 7 nitrogen and oxygen atoms in total. The zero-order valence-electron chi connectivity index (χ0n) is 15.4. The molecule has 0 radical (unpaired) electrons. The van der Waals surface area contributed by atoms with Crippen LogP contribution in [0.2, 0.25) is 0 Å². The van der Waals surface area contributed by atoms with Gasteiger partial charge in [-0.3, -0.25) is 4.79 Å². The number of nitrogens with one attached hydrogen (secondary N) is 1. The number of benzene rings is 2. The van der Waals surface area contributed by atoms with Gasteiger partial charge in [-0.15, -0.1) is 5.10 Å². The average molecular weight is 428 g/mol. The number of carbonyl (C=O) groups excluding carboxylic acids is 1. The van der Waals surface area contributed by atoms with Gasteiger partial charge in [-0.05, 0) is 36.4 Å². The highest BCUT2D eigenvalue weighted by atomic mass is 32.2. The van der Waals surface area contributed by atoms with Crippen molar-refractivity contribution in [2.24, 2.45) is 12.1 Å². The summed E-state index contributed by atoms with van der Waals surface area (Å²) in [7, 11) is -1.69. The fourth-order valence-corrected chi connectivity index (χ4v) is 5.07. The Morgan fingerprint density at radius 3 is 2.55 bits per heavy atom. The second-order valence-electron chi connectivity index (χ2n) is 6.30. The lowest BCUT2D eigenvalue weighted by Crippen LogP contribution is -2.22. The quantitative estimate of drug-likeness (QED) is 0.496. The first-order valence-corrected chi connectivity index (χ1v) is 11.2. The maximum absolute atomic E-state index is 12.4. The number of thiazole rings is 1. The summed E-state index contributed by atoms with van der Waals surface area (Å²) in [6, 6.07) is 18.8. The number of amides is 1. The molecule has 2 aromatic heterocycles. The molecule has 0 unspecified atom stereocenters. The van der Waals surface area contributed by atoms with Gasteiger partial charge in [0.25, 0.3) is 0 Å². The summed E-state index contributed by atoms with van der Waals surface area (Å²) >= 11 is 1.44. The Bertz CT molecular complexity index is 1350. The third-order valence-electron chi connectivity index (χ3n) is 4.29. The zero-order valence-corrected chi connectivity index (χ0v) is 17.0. The number of para-hydroxylation sites is 1. The van der Waals surface area contributed by atoms with E-state index < -0.39 is 15.7 Å². The van der Waals surface area contributed by atoms with Crippen LogP contribution in [0, 0.1) is 0 Å². The van der Waals surface area contributed by atoms with Crippen molar-refractivity contribution in [1.29, 1.82) is 0 Å². The van der Waals surface area contributed by atoms with Gasteiger partial charge in [-0.25, -0.2) is 13.8 Å². The lowest BCUT2D eigenvalue weighted by atomic mass is 10.3. The number of hydrogen-bond acceptors (Lipinski definition) is 6. The molecule has 2 heterocycles. The normalized spacial score (nSPS) is 12.4. The van der Waals surface area contributed by atoms with Crippen molar-refractivity contribution >= 4 is 37.3 Å². The molecule has 1 amide bonds. The van der Waals surface area contributed by atoms with Crippen molar-refractivity contribution in [3.8, 4) is 0 Å². The maximum Gasteiger partial charge on any atom is 0.307 e. The van der Waals surface area contributed by atoms with Crippen LogP contribution < -0.4 is 10.2 Å². The third-order valence-corrected chi connectivity index (χ3v) is 7.06. The van der Waals surface area contributed by atoms with Crippen LogP contribution in [0.15, 0.2) is 81.1 Å². The summed E-state index contributed by atoms with van der Waals surface area (Å²) < 4.78 is 33.2. The molecular weight excluding hydrogens is 410 g/mol. The largest absolute Gasteiger partial charge is 0.455 e. The summed E-state index contributed by atoms with van der Waals surface area (Å²) in [6.07, 6.45) is 0. The maximum atomic E-state index is 12.4. The number of rotatable bonds is 5. The molecule has 0 fully saturated rings. The van der Waals surface area contributed by atoms with Crippen molar-refractivity contribution in [1.82, 2.24) is 9.99 Å². The van der Waals surface area contributed by atoms with Crippen molar-refractivity contribution in [3.63, 3.8) is 0 Å². The van der Waals surface area contributed by atoms with E-state index in [2.05, 4.69) is 10.5 Å².